The summed E-state index contributed by atoms with van der Waals surface area (Å²) in [4.78, 5) is 28.8. The standard InChI is InChI=1S/C11H6ClFN4O3/c12-10-5-14-9(4-15-10)11(18)16-8-2-1-6(17(19)20)3-7(8)13/h1-5H,(H,16,18). The molecule has 0 aliphatic rings. The predicted molar refractivity (Wildman–Crippen MR) is 68.0 cm³/mol. The molecule has 1 aromatic heterocycles. The molecule has 0 spiro atoms. The molecule has 2 rings (SSSR count). The summed E-state index contributed by atoms with van der Waals surface area (Å²) in [6.45, 7) is 0. The number of hydrogen-bond donors (Lipinski definition) is 1. The van der Waals surface area contributed by atoms with Crippen molar-refractivity contribution in [2.45, 2.75) is 0 Å². The monoisotopic (exact) mass is 296 g/mol. The van der Waals surface area contributed by atoms with E-state index in [9.17, 15) is 19.3 Å². The molecule has 7 nitrogen and oxygen atoms in total. The summed E-state index contributed by atoms with van der Waals surface area (Å²) < 4.78 is 13.6. The molecular formula is C11H6ClFN4O3. The van der Waals surface area contributed by atoms with Crippen LogP contribution in [0.1, 0.15) is 10.5 Å². The molecule has 1 aromatic carbocycles. The third-order valence-corrected chi connectivity index (χ3v) is 2.46. The van der Waals surface area contributed by atoms with Gasteiger partial charge in [0.05, 0.1) is 29.1 Å². The quantitative estimate of drug-likeness (QED) is 0.693. The van der Waals surface area contributed by atoms with Gasteiger partial charge in [0.15, 0.2) is 5.82 Å². The number of hydrogen-bond acceptors (Lipinski definition) is 5. The Morgan fingerprint density at radius 2 is 2.10 bits per heavy atom. The largest absolute Gasteiger partial charge is 0.318 e. The lowest BCUT2D eigenvalue weighted by molar-refractivity contribution is -0.385. The van der Waals surface area contributed by atoms with Gasteiger partial charge in [0.2, 0.25) is 0 Å². The number of carbonyl (C=O) groups excluding carboxylic acids is 1. The Kier molecular flexibility index (Phi) is 3.85. The number of nitrogens with zero attached hydrogens (tertiary/aromatic N) is 3. The maximum Gasteiger partial charge on any atom is 0.275 e. The fraction of sp³-hybridized carbons (Fsp3) is 0. The maximum atomic E-state index is 13.6. The number of nitrogens with one attached hydrogen (secondary N) is 1. The first-order chi connectivity index (χ1) is 9.47. The molecule has 0 atom stereocenters. The lowest BCUT2D eigenvalue weighted by atomic mass is 10.2. The summed E-state index contributed by atoms with van der Waals surface area (Å²) in [6.07, 6.45) is 2.30. The van der Waals surface area contributed by atoms with Crippen molar-refractivity contribution in [3.63, 3.8) is 0 Å². The van der Waals surface area contributed by atoms with E-state index < -0.39 is 22.3 Å². The Bertz CT molecular complexity index is 678. The third kappa shape index (κ3) is 3.04. The molecular weight excluding hydrogens is 291 g/mol. The minimum Gasteiger partial charge on any atom is -0.318 e. The molecule has 0 fully saturated rings. The zero-order valence-corrected chi connectivity index (χ0v) is 10.5. The smallest absolute Gasteiger partial charge is 0.275 e. The highest BCUT2D eigenvalue weighted by atomic mass is 35.5. The van der Waals surface area contributed by atoms with Crippen molar-refractivity contribution in [2.75, 3.05) is 5.32 Å². The normalized spacial score (nSPS) is 10.1. The summed E-state index contributed by atoms with van der Waals surface area (Å²) >= 11 is 5.52. The molecule has 0 saturated heterocycles. The minimum atomic E-state index is -0.922. The molecule has 0 radical (unpaired) electrons. The van der Waals surface area contributed by atoms with Gasteiger partial charge in [-0.05, 0) is 6.07 Å². The van der Waals surface area contributed by atoms with Crippen molar-refractivity contribution in [1.29, 1.82) is 0 Å². The van der Waals surface area contributed by atoms with Crippen molar-refractivity contribution >= 4 is 28.9 Å². The first-order valence-electron chi connectivity index (χ1n) is 5.20. The fourth-order valence-electron chi connectivity index (χ4n) is 1.33. The summed E-state index contributed by atoms with van der Waals surface area (Å²) in [5.74, 6) is -1.63. The molecule has 2 aromatic rings. The van der Waals surface area contributed by atoms with Gasteiger partial charge >= 0.3 is 0 Å². The number of nitro benzene ring substituents is 1. The zero-order valence-electron chi connectivity index (χ0n) is 9.71. The number of carbonyl (C=O) groups is 1. The summed E-state index contributed by atoms with van der Waals surface area (Å²) in [7, 11) is 0. The van der Waals surface area contributed by atoms with Crippen LogP contribution in [0.15, 0.2) is 30.6 Å². The molecule has 102 valence electrons. The topological polar surface area (TPSA) is 98.0 Å². The van der Waals surface area contributed by atoms with Crippen molar-refractivity contribution in [3.05, 3.63) is 57.4 Å². The Hall–Kier alpha value is -2.61. The lowest BCUT2D eigenvalue weighted by Crippen LogP contribution is -2.15. The van der Waals surface area contributed by atoms with E-state index in [4.69, 9.17) is 11.6 Å². The second kappa shape index (κ2) is 5.57. The molecule has 20 heavy (non-hydrogen) atoms. The minimum absolute atomic E-state index is 0.0628. The first kappa shape index (κ1) is 13.8. The van der Waals surface area contributed by atoms with Gasteiger partial charge in [-0.2, -0.15) is 0 Å². The second-order valence-electron chi connectivity index (χ2n) is 3.60. The van der Waals surface area contributed by atoms with Crippen molar-refractivity contribution in [1.82, 2.24) is 9.97 Å². The summed E-state index contributed by atoms with van der Waals surface area (Å²) in [5, 5.41) is 12.8. The molecule has 0 aliphatic carbocycles. The maximum absolute atomic E-state index is 13.6. The van der Waals surface area contributed by atoms with E-state index in [1.807, 2.05) is 0 Å². The van der Waals surface area contributed by atoms with E-state index in [1.54, 1.807) is 0 Å². The highest BCUT2D eigenvalue weighted by Crippen LogP contribution is 2.20. The van der Waals surface area contributed by atoms with Crippen molar-refractivity contribution in [2.24, 2.45) is 0 Å². The highest BCUT2D eigenvalue weighted by Gasteiger charge is 2.14. The Morgan fingerprint density at radius 1 is 1.35 bits per heavy atom. The van der Waals surface area contributed by atoms with Crippen LogP contribution in [0.2, 0.25) is 5.15 Å². The van der Waals surface area contributed by atoms with E-state index in [1.165, 1.54) is 6.20 Å². The van der Waals surface area contributed by atoms with Gasteiger partial charge in [0, 0.05) is 6.07 Å². The van der Waals surface area contributed by atoms with Gasteiger partial charge in [-0.25, -0.2) is 14.4 Å². The fourth-order valence-corrected chi connectivity index (χ4v) is 1.43. The second-order valence-corrected chi connectivity index (χ2v) is 3.99. The van der Waals surface area contributed by atoms with E-state index >= 15 is 0 Å². The van der Waals surface area contributed by atoms with Crippen LogP contribution in [0.4, 0.5) is 15.8 Å². The lowest BCUT2D eigenvalue weighted by Gasteiger charge is -2.05. The molecule has 1 N–H and O–H groups in total. The van der Waals surface area contributed by atoms with Crippen LogP contribution in [-0.2, 0) is 0 Å². The van der Waals surface area contributed by atoms with Crippen LogP contribution in [0.25, 0.3) is 0 Å². The van der Waals surface area contributed by atoms with Gasteiger partial charge < -0.3 is 5.32 Å². The Balaban J connectivity index is 2.19. The van der Waals surface area contributed by atoms with Crippen LogP contribution >= 0.6 is 11.6 Å². The molecule has 0 saturated carbocycles. The van der Waals surface area contributed by atoms with Crippen LogP contribution < -0.4 is 5.32 Å². The SMILES string of the molecule is O=C(Nc1ccc([N+](=O)[O-])cc1F)c1cnc(Cl)cn1. The number of non-ortho nitro benzene ring substituents is 1. The van der Waals surface area contributed by atoms with Gasteiger partial charge in [-0.15, -0.1) is 0 Å². The van der Waals surface area contributed by atoms with Crippen LogP contribution in [-0.4, -0.2) is 20.8 Å². The Labute approximate surface area is 116 Å². The van der Waals surface area contributed by atoms with Gasteiger partial charge in [0.25, 0.3) is 11.6 Å². The van der Waals surface area contributed by atoms with Crippen LogP contribution in [0, 0.1) is 15.9 Å². The van der Waals surface area contributed by atoms with Gasteiger partial charge in [-0.1, -0.05) is 11.6 Å². The van der Waals surface area contributed by atoms with Gasteiger partial charge in [-0.3, -0.25) is 14.9 Å². The average Bonchev–Trinajstić information content (AvgIpc) is 2.41. The number of aromatic nitrogens is 2. The zero-order chi connectivity index (χ0) is 14.7. The molecule has 0 aliphatic heterocycles. The van der Waals surface area contributed by atoms with Crippen molar-refractivity contribution < 1.29 is 14.1 Å². The molecule has 1 amide bonds. The Morgan fingerprint density at radius 3 is 2.65 bits per heavy atom. The van der Waals surface area contributed by atoms with E-state index in [0.29, 0.717) is 6.07 Å². The summed E-state index contributed by atoms with van der Waals surface area (Å²) in [6, 6.07) is 2.88. The van der Waals surface area contributed by atoms with Crippen molar-refractivity contribution in [3.8, 4) is 0 Å². The van der Waals surface area contributed by atoms with E-state index in [0.717, 1.165) is 18.3 Å². The first-order valence-corrected chi connectivity index (χ1v) is 5.58. The third-order valence-electron chi connectivity index (χ3n) is 2.26. The van der Waals surface area contributed by atoms with Crippen LogP contribution in [0.3, 0.4) is 0 Å². The number of amides is 1. The number of halogens is 2. The molecule has 0 unspecified atom stereocenters. The van der Waals surface area contributed by atoms with Gasteiger partial charge in [0.1, 0.15) is 10.8 Å². The van der Waals surface area contributed by atoms with Crippen LogP contribution in [0.5, 0.6) is 0 Å². The summed E-state index contributed by atoms with van der Waals surface area (Å²) in [5.41, 5.74) is -0.670. The van der Waals surface area contributed by atoms with E-state index in [2.05, 4.69) is 15.3 Å². The number of benzene rings is 1. The van der Waals surface area contributed by atoms with E-state index in [-0.39, 0.29) is 16.5 Å². The predicted octanol–water partition coefficient (Wildman–Crippen LogP) is 2.43. The molecule has 9 heteroatoms. The highest BCUT2D eigenvalue weighted by molar-refractivity contribution is 6.29. The molecule has 0 bridgehead atoms. The molecule has 1 heterocycles. The number of nitro groups is 1. The average molecular weight is 297 g/mol. The number of rotatable bonds is 3. The number of anilines is 1.